The number of aromatic hydroxyl groups is 1. The van der Waals surface area contributed by atoms with Gasteiger partial charge in [0.05, 0.1) is 18.3 Å². The molecule has 3 atom stereocenters. The molecule has 1 aromatic heterocycles. The predicted octanol–water partition coefficient (Wildman–Crippen LogP) is 3.64. The highest BCUT2D eigenvalue weighted by Crippen LogP contribution is 2.35. The van der Waals surface area contributed by atoms with Crippen molar-refractivity contribution in [1.82, 2.24) is 30.3 Å². The van der Waals surface area contributed by atoms with Crippen molar-refractivity contribution < 1.29 is 41.8 Å². The summed E-state index contributed by atoms with van der Waals surface area (Å²) in [5.41, 5.74) is 16.8. The summed E-state index contributed by atoms with van der Waals surface area (Å²) in [6.07, 6.45) is 5.74. The number of carbonyl (C=O) groups excluding carboxylic acids is 3. The van der Waals surface area contributed by atoms with E-state index in [-0.39, 0.29) is 53.4 Å². The van der Waals surface area contributed by atoms with E-state index in [0.717, 1.165) is 48.7 Å². The zero-order valence-electron chi connectivity index (χ0n) is 31.0. The number of amides is 3. The van der Waals surface area contributed by atoms with Crippen LogP contribution in [-0.2, 0) is 22.7 Å². The smallest absolute Gasteiger partial charge is 0.255 e. The van der Waals surface area contributed by atoms with Crippen molar-refractivity contribution in [2.75, 3.05) is 33.1 Å². The molecule has 2 aromatic carbocycles. The number of imide groups is 1. The van der Waals surface area contributed by atoms with E-state index in [9.17, 15) is 32.7 Å². The number of hydrogen-bond donors (Lipinski definition) is 5. The summed E-state index contributed by atoms with van der Waals surface area (Å²) in [4.78, 5) is 47.5. The maximum absolute atomic E-state index is 15.4. The molecule has 6 heterocycles. The number of para-hydroxylation sites is 1. The lowest BCUT2D eigenvalue weighted by atomic mass is 9.87. The van der Waals surface area contributed by atoms with E-state index in [4.69, 9.17) is 16.2 Å². The molecule has 7 N–H and O–H groups in total. The number of phenols is 1. The van der Waals surface area contributed by atoms with Gasteiger partial charge in [0.2, 0.25) is 18.7 Å². The number of allylic oxidation sites excluding steroid dienone is 1. The fourth-order valence-electron chi connectivity index (χ4n) is 8.36. The Labute approximate surface area is 326 Å². The number of rotatable bonds is 8. The molecule has 5 aliphatic heterocycles. The summed E-state index contributed by atoms with van der Waals surface area (Å²) in [7, 11) is 0. The van der Waals surface area contributed by atoms with Crippen LogP contribution in [0.1, 0.15) is 70.6 Å². The van der Waals surface area contributed by atoms with Crippen LogP contribution in [0.2, 0.25) is 0 Å². The van der Waals surface area contributed by atoms with Gasteiger partial charge in [0.15, 0.2) is 17.4 Å². The lowest BCUT2D eigenvalue weighted by Gasteiger charge is -2.34. The Kier molecular flexibility index (Phi) is 11.6. The van der Waals surface area contributed by atoms with Gasteiger partial charge in [-0.15, -0.1) is 0 Å². The summed E-state index contributed by atoms with van der Waals surface area (Å²) in [5.74, 6) is -2.18. The van der Waals surface area contributed by atoms with E-state index in [1.807, 2.05) is 17.0 Å². The van der Waals surface area contributed by atoms with Gasteiger partial charge >= 0.3 is 0 Å². The van der Waals surface area contributed by atoms with Crippen LogP contribution in [0.4, 0.5) is 17.6 Å². The Morgan fingerprint density at radius 3 is 2.54 bits per heavy atom. The molecule has 3 saturated heterocycles. The maximum Gasteiger partial charge on any atom is 0.255 e. The van der Waals surface area contributed by atoms with Crippen LogP contribution in [0.15, 0.2) is 66.3 Å². The summed E-state index contributed by atoms with van der Waals surface area (Å²) < 4.78 is 54.7. The van der Waals surface area contributed by atoms with Crippen LogP contribution < -0.4 is 26.8 Å². The zero-order chi connectivity index (χ0) is 40.4. The van der Waals surface area contributed by atoms with Crippen LogP contribution in [0, 0.1) is 11.6 Å². The van der Waals surface area contributed by atoms with Gasteiger partial charge < -0.3 is 36.4 Å². The molecule has 3 fully saturated rings. The maximum atomic E-state index is 15.4. The van der Waals surface area contributed by atoms with Gasteiger partial charge in [0.1, 0.15) is 18.0 Å². The molecule has 302 valence electrons. The molecule has 3 amide bonds. The molecule has 13 nitrogen and oxygen atoms in total. The Morgan fingerprint density at radius 2 is 1.81 bits per heavy atom. The number of likely N-dealkylation sites (tertiary alicyclic amines) is 1. The van der Waals surface area contributed by atoms with Crippen LogP contribution in [0.3, 0.4) is 0 Å². The normalized spacial score (nSPS) is 22.8. The Morgan fingerprint density at radius 1 is 1.04 bits per heavy atom. The second-order valence-electron chi connectivity index (χ2n) is 14.8. The SMILES string of the molecule is FCF.NC1=C(/C=C(\N)c2cccc(F)c2O)N2CC(Oc3ncc(CN4CCC(c5ccc6c(c5)C(=O)N(C5CCC(=O)NC5=O)C6)CC4)cc3F)CC2CN1. The van der Waals surface area contributed by atoms with Crippen LogP contribution in [0.25, 0.3) is 5.70 Å². The summed E-state index contributed by atoms with van der Waals surface area (Å²) in [6.45, 7) is 1.68. The second kappa shape index (κ2) is 16.7. The second-order valence-corrected chi connectivity index (χ2v) is 14.8. The standard InChI is InChI=1S/C39H42F2N8O5.CH2F2/c40-29-3-1-2-27(35(29)51)31(42)15-33-36(43)44-17-25-14-26(20-48(25)33)54-38-30(41)12-21(16-45-38)18-47-10-8-22(9-11-47)23-4-5-24-19-49(39(53)28(24)13-23)32-6-7-34(50)46-37(32)52;2-1-3/h1-5,12-13,15-16,22,25-26,32,44,51H,6-11,14,17-20,42-43H2,(H,46,50,52);1H2/b31-15-;. The van der Waals surface area contributed by atoms with Crippen LogP contribution >= 0.6 is 0 Å². The average Bonchev–Trinajstić information content (AvgIpc) is 3.75. The molecular formula is C40H44F4N8O5. The summed E-state index contributed by atoms with van der Waals surface area (Å²) in [5, 5.41) is 15.7. The summed E-state index contributed by atoms with van der Waals surface area (Å²) >= 11 is 0. The first-order chi connectivity index (χ1) is 27.4. The van der Waals surface area contributed by atoms with Gasteiger partial charge in [-0.05, 0) is 85.3 Å². The van der Waals surface area contributed by atoms with E-state index >= 15 is 4.39 Å². The summed E-state index contributed by atoms with van der Waals surface area (Å²) in [6, 6.07) is 11.0. The molecule has 17 heteroatoms. The van der Waals surface area contributed by atoms with E-state index in [1.54, 1.807) is 17.2 Å². The fourth-order valence-corrected chi connectivity index (χ4v) is 8.36. The van der Waals surface area contributed by atoms with Crippen molar-refractivity contribution in [3.8, 4) is 11.6 Å². The first-order valence-corrected chi connectivity index (χ1v) is 18.8. The lowest BCUT2D eigenvalue weighted by Crippen LogP contribution is -2.52. The highest BCUT2D eigenvalue weighted by Gasteiger charge is 2.40. The Bertz CT molecular complexity index is 2110. The van der Waals surface area contributed by atoms with Gasteiger partial charge in [-0.3, -0.25) is 24.6 Å². The number of pyridine rings is 1. The minimum absolute atomic E-state index is 0.0162. The topological polar surface area (TPSA) is 179 Å². The number of nitrogens with two attached hydrogens (primary N) is 2. The zero-order valence-corrected chi connectivity index (χ0v) is 31.0. The molecule has 57 heavy (non-hydrogen) atoms. The highest BCUT2D eigenvalue weighted by molar-refractivity contribution is 6.05. The first-order valence-electron chi connectivity index (χ1n) is 18.8. The number of halogens is 4. The Balaban J connectivity index is 0.00000160. The number of nitrogens with one attached hydrogen (secondary N) is 2. The molecule has 0 radical (unpaired) electrons. The number of alkyl halides is 2. The van der Waals surface area contributed by atoms with E-state index in [0.29, 0.717) is 56.1 Å². The molecule has 0 bridgehead atoms. The fraction of sp³-hybridized carbons (Fsp3) is 0.400. The Hall–Kier alpha value is -5.84. The molecule has 0 spiro atoms. The third-order valence-electron chi connectivity index (χ3n) is 11.2. The monoisotopic (exact) mass is 792 g/mol. The number of piperidine rings is 2. The number of carbonyl (C=O) groups is 3. The van der Waals surface area contributed by atoms with Gasteiger partial charge in [0, 0.05) is 55.5 Å². The van der Waals surface area contributed by atoms with Crippen molar-refractivity contribution in [2.45, 2.75) is 69.3 Å². The van der Waals surface area contributed by atoms with Crippen molar-refractivity contribution in [3.05, 3.63) is 106 Å². The number of aromatic nitrogens is 1. The van der Waals surface area contributed by atoms with Crippen molar-refractivity contribution in [2.24, 2.45) is 11.5 Å². The van der Waals surface area contributed by atoms with Crippen LogP contribution in [0.5, 0.6) is 11.6 Å². The van der Waals surface area contributed by atoms with Gasteiger partial charge in [-0.2, -0.15) is 0 Å². The minimum atomic E-state index is -1.75. The molecule has 0 saturated carbocycles. The average molecular weight is 793 g/mol. The molecule has 8 rings (SSSR count). The highest BCUT2D eigenvalue weighted by atomic mass is 19.3. The molecule has 5 aliphatic rings. The van der Waals surface area contributed by atoms with Gasteiger partial charge in [-0.25, -0.2) is 22.5 Å². The first kappa shape index (κ1) is 39.4. The van der Waals surface area contributed by atoms with Gasteiger partial charge in [-0.1, -0.05) is 18.2 Å². The molecule has 3 aromatic rings. The predicted molar refractivity (Wildman–Crippen MR) is 200 cm³/mol. The van der Waals surface area contributed by atoms with Gasteiger partial charge in [0.25, 0.3) is 11.8 Å². The third-order valence-corrected chi connectivity index (χ3v) is 11.2. The molecular weight excluding hydrogens is 748 g/mol. The number of ether oxygens (including phenoxy) is 1. The number of phenolic OH excluding ortho intramolecular Hbond substituents is 1. The number of benzene rings is 2. The van der Waals surface area contributed by atoms with Crippen molar-refractivity contribution in [1.29, 1.82) is 0 Å². The van der Waals surface area contributed by atoms with E-state index in [2.05, 4.69) is 26.6 Å². The van der Waals surface area contributed by atoms with E-state index < -0.39 is 36.3 Å². The largest absolute Gasteiger partial charge is 0.504 e. The van der Waals surface area contributed by atoms with Crippen LogP contribution in [-0.4, -0.2) is 93.8 Å². The van der Waals surface area contributed by atoms with Crippen molar-refractivity contribution in [3.63, 3.8) is 0 Å². The third kappa shape index (κ3) is 8.33. The minimum Gasteiger partial charge on any atom is -0.504 e. The lowest BCUT2D eigenvalue weighted by molar-refractivity contribution is -0.136. The van der Waals surface area contributed by atoms with Crippen molar-refractivity contribution >= 4 is 23.4 Å². The molecule has 3 unspecified atom stereocenters. The van der Waals surface area contributed by atoms with E-state index in [1.165, 1.54) is 18.2 Å². The number of fused-ring (bicyclic) bond motifs is 2. The number of nitrogens with zero attached hydrogens (tertiary/aromatic N) is 4. The quantitative estimate of drug-likeness (QED) is 0.166. The number of hydrogen-bond acceptors (Lipinski definition) is 11. The molecule has 0 aliphatic carbocycles.